The number of nitrogens with zero attached hydrogens (tertiary/aromatic N) is 16. The maximum Gasteiger partial charge on any atom is 0.160 e. The summed E-state index contributed by atoms with van der Waals surface area (Å²) in [5.74, 6) is 0.689. The molecule has 16 nitrogen and oxygen atoms in total. The van der Waals surface area contributed by atoms with Crippen molar-refractivity contribution in [3.63, 3.8) is 0 Å². The fraction of sp³-hybridized carbons (Fsp3) is 0.0370. The molecule has 4 radical (unpaired) electrons. The molecule has 8 aromatic carbocycles. The van der Waals surface area contributed by atoms with E-state index in [9.17, 15) is 0 Å². The molecular formula is C108H80Ir4N16-8. The summed E-state index contributed by atoms with van der Waals surface area (Å²) in [7, 11) is 0. The minimum atomic E-state index is 0. The van der Waals surface area contributed by atoms with Gasteiger partial charge >= 0.3 is 0 Å². The number of aromatic nitrogens is 16. The summed E-state index contributed by atoms with van der Waals surface area (Å²) in [5, 5.41) is 0. The second kappa shape index (κ2) is 53.9. The van der Waals surface area contributed by atoms with E-state index in [-0.39, 0.29) is 80.4 Å². The first-order valence-electron chi connectivity index (χ1n) is 39.5. The zero-order chi connectivity index (χ0) is 85.2. The van der Waals surface area contributed by atoms with Crippen LogP contribution in [-0.2, 0) is 80.4 Å². The average molecular weight is 2370 g/mol. The maximum atomic E-state index is 4.44. The van der Waals surface area contributed by atoms with Crippen LogP contribution in [0.1, 0.15) is 22.3 Å². The summed E-state index contributed by atoms with van der Waals surface area (Å²) < 4.78 is 0. The Morgan fingerprint density at radius 2 is 0.453 bits per heavy atom. The van der Waals surface area contributed by atoms with Crippen molar-refractivity contribution in [3.05, 3.63) is 486 Å². The molecular weight excluding hydrogens is 2290 g/mol. The molecule has 0 unspecified atom stereocenters. The Bertz CT molecular complexity index is 5350. The van der Waals surface area contributed by atoms with Crippen molar-refractivity contribution < 1.29 is 80.4 Å². The molecule has 0 N–H and O–H groups in total. The van der Waals surface area contributed by atoms with Crippen molar-refractivity contribution in [2.75, 3.05) is 0 Å². The van der Waals surface area contributed by atoms with Crippen LogP contribution in [0.15, 0.2) is 415 Å². The quantitative estimate of drug-likeness (QED) is 0.104. The molecule has 0 fully saturated rings. The summed E-state index contributed by atoms with van der Waals surface area (Å²) in [6, 6.07) is 124. The fourth-order valence-electron chi connectivity index (χ4n) is 11.6. The van der Waals surface area contributed by atoms with E-state index in [1.165, 1.54) is 34.9 Å². The minimum Gasteiger partial charge on any atom is -0.304 e. The van der Waals surface area contributed by atoms with E-state index in [2.05, 4.69) is 153 Å². The van der Waals surface area contributed by atoms with Crippen molar-refractivity contribution in [3.8, 4) is 135 Å². The summed E-state index contributed by atoms with van der Waals surface area (Å²) in [6.07, 6.45) is 31.6. The molecule has 0 aliphatic carbocycles. The molecule has 0 amide bonds. The van der Waals surface area contributed by atoms with Gasteiger partial charge in [0, 0.05) is 201 Å². The predicted octanol–water partition coefficient (Wildman–Crippen LogP) is 23.4. The van der Waals surface area contributed by atoms with Crippen molar-refractivity contribution in [1.82, 2.24) is 79.7 Å². The molecule has 0 spiro atoms. The van der Waals surface area contributed by atoms with Gasteiger partial charge in [0.15, 0.2) is 5.82 Å². The van der Waals surface area contributed by atoms with Gasteiger partial charge in [-0.3, -0.25) is 9.97 Å². The number of pyridine rings is 8. The molecule has 20 heteroatoms. The van der Waals surface area contributed by atoms with Crippen LogP contribution < -0.4 is 0 Å². The first-order chi connectivity index (χ1) is 61.2. The van der Waals surface area contributed by atoms with Crippen LogP contribution >= 0.6 is 0 Å². The van der Waals surface area contributed by atoms with Gasteiger partial charge in [0.25, 0.3) is 0 Å². The number of benzene rings is 8. The molecule has 636 valence electrons. The topological polar surface area (TPSA) is 206 Å². The second-order valence-corrected chi connectivity index (χ2v) is 27.2. The summed E-state index contributed by atoms with van der Waals surface area (Å²) >= 11 is 0. The molecule has 0 saturated carbocycles. The van der Waals surface area contributed by atoms with E-state index in [1.807, 2.05) is 338 Å². The molecule has 128 heavy (non-hydrogen) atoms. The third-order valence-electron chi connectivity index (χ3n) is 18.0. The fourth-order valence-corrected chi connectivity index (χ4v) is 11.6. The molecule has 20 aromatic rings. The van der Waals surface area contributed by atoms with Gasteiger partial charge < -0.3 is 39.9 Å². The van der Waals surface area contributed by atoms with E-state index in [4.69, 9.17) is 0 Å². The maximum absolute atomic E-state index is 4.44. The Kier molecular flexibility index (Phi) is 41.1. The van der Waals surface area contributed by atoms with E-state index in [1.54, 1.807) is 68.0 Å². The SMILES string of the molecule is Cc1ccc(-c2[c-]cccc2)nc1.Cc1ccc(-c2[c-]cccc2)nc1.Cc1ccc(-c2[c-]cccc2)nc1.Cc1ccc(-c2[c-]cccc2)nc1.[Ir].[Ir].[Ir].[Ir].[c-]1ccccc1-c1ccc(-c2ccncn2)cn1.[c-]1ccccc1-c1ccc(-c2cnccn2)cn1.[c-]1ccccc1-c1ccc(-c2cncnc2)cn1.[c-]1ccccc1-c1ccc(-c2ncccn2)cn1. The van der Waals surface area contributed by atoms with Crippen LogP contribution in [0.25, 0.3) is 135 Å². The molecule has 12 heterocycles. The largest absolute Gasteiger partial charge is 0.304 e. The van der Waals surface area contributed by atoms with Gasteiger partial charge in [-0.1, -0.05) is 97.1 Å². The Labute approximate surface area is 801 Å². The van der Waals surface area contributed by atoms with Gasteiger partial charge in [-0.2, -0.15) is 0 Å². The van der Waals surface area contributed by atoms with Gasteiger partial charge in [0.2, 0.25) is 0 Å². The zero-order valence-corrected chi connectivity index (χ0v) is 79.3. The number of rotatable bonds is 12. The van der Waals surface area contributed by atoms with E-state index < -0.39 is 0 Å². The van der Waals surface area contributed by atoms with E-state index >= 15 is 0 Å². The summed E-state index contributed by atoms with van der Waals surface area (Å²) in [6.45, 7) is 8.13. The third-order valence-corrected chi connectivity index (χ3v) is 18.0. The second-order valence-electron chi connectivity index (χ2n) is 27.2. The standard InChI is InChI=1S/4C15H10N3.4C12H10N.4Ir/c1-2-5-12(6-3-1)14-8-7-13(11-18-14)15-16-9-4-10-17-15;1-2-4-12(5-3-1)15-7-6-13(10-18-15)14-8-16-11-17-9-14;1-2-4-12(5-3-1)14-7-6-13(10-18-14)15-11-16-8-9-17-15;1-2-4-12(5-3-1)14-7-6-13(10-17-14)15-8-9-16-11-18-15;4*1-10-7-8-12(13-9-10)11-5-3-2-4-6-11;;;;/h1-5,7-11H;3*1-4,6-11H;4*2-5,7-9H,1H3;;;;/q8*-1;;;;. The first-order valence-corrected chi connectivity index (χ1v) is 39.5. The van der Waals surface area contributed by atoms with Gasteiger partial charge in [-0.25, -0.2) is 29.9 Å². The van der Waals surface area contributed by atoms with Crippen LogP contribution in [0, 0.1) is 76.2 Å². The summed E-state index contributed by atoms with van der Waals surface area (Å²) in [4.78, 5) is 67.7. The predicted molar refractivity (Wildman–Crippen MR) is 491 cm³/mol. The van der Waals surface area contributed by atoms with E-state index in [0.717, 1.165) is 129 Å². The van der Waals surface area contributed by atoms with Crippen LogP contribution in [0.4, 0.5) is 0 Å². The molecule has 0 bridgehead atoms. The molecule has 0 aliphatic heterocycles. The number of hydrogen-bond acceptors (Lipinski definition) is 16. The van der Waals surface area contributed by atoms with Crippen molar-refractivity contribution in [2.24, 2.45) is 0 Å². The Morgan fingerprint density at radius 3 is 0.703 bits per heavy atom. The Hall–Kier alpha value is -14.1. The van der Waals surface area contributed by atoms with Crippen molar-refractivity contribution >= 4 is 0 Å². The molecule has 20 rings (SSSR count). The smallest absolute Gasteiger partial charge is 0.160 e. The number of hydrogen-bond donors (Lipinski definition) is 0. The van der Waals surface area contributed by atoms with Crippen molar-refractivity contribution in [2.45, 2.75) is 27.7 Å². The molecule has 0 aliphatic rings. The van der Waals surface area contributed by atoms with Crippen LogP contribution in [-0.4, -0.2) is 79.7 Å². The van der Waals surface area contributed by atoms with Gasteiger partial charge in [0.05, 0.1) is 17.6 Å². The van der Waals surface area contributed by atoms with E-state index in [0.29, 0.717) is 5.82 Å². The normalized spacial score (nSPS) is 9.78. The van der Waals surface area contributed by atoms with Gasteiger partial charge in [-0.05, 0) is 108 Å². The first kappa shape index (κ1) is 97.7. The Morgan fingerprint density at radius 1 is 0.164 bits per heavy atom. The monoisotopic (exact) mass is 2370 g/mol. The number of aryl methyl sites for hydroxylation is 4. The van der Waals surface area contributed by atoms with Crippen LogP contribution in [0.3, 0.4) is 0 Å². The van der Waals surface area contributed by atoms with Gasteiger partial charge in [0.1, 0.15) is 12.7 Å². The molecule has 0 atom stereocenters. The zero-order valence-electron chi connectivity index (χ0n) is 69.7. The summed E-state index contributed by atoms with van der Waals surface area (Å²) in [5.41, 5.74) is 26.9. The van der Waals surface area contributed by atoms with Crippen molar-refractivity contribution in [1.29, 1.82) is 0 Å². The average Bonchev–Trinajstić information content (AvgIpc) is 0.850. The molecule has 12 aromatic heterocycles. The van der Waals surface area contributed by atoms with Gasteiger partial charge in [-0.15, -0.1) is 287 Å². The minimum absolute atomic E-state index is 0. The Balaban J connectivity index is 0.000000165. The molecule has 0 saturated heterocycles. The third kappa shape index (κ3) is 31.2. The van der Waals surface area contributed by atoms with Crippen LogP contribution in [0.2, 0.25) is 0 Å². The van der Waals surface area contributed by atoms with Crippen LogP contribution in [0.5, 0.6) is 0 Å².